The van der Waals surface area contributed by atoms with Crippen molar-refractivity contribution in [1.82, 2.24) is 0 Å². The predicted molar refractivity (Wildman–Crippen MR) is 297 cm³/mol. The van der Waals surface area contributed by atoms with Crippen LogP contribution in [0, 0.1) is 0 Å². The Morgan fingerprint density at radius 2 is 0.145 bits per heavy atom. The van der Waals surface area contributed by atoms with E-state index in [1.807, 2.05) is 0 Å². The number of aliphatic hydroxyl groups excluding tert-OH is 15. The summed E-state index contributed by atoms with van der Waals surface area (Å²) in [7, 11) is 0. The maximum absolute atomic E-state index is 8.06. The molecule has 0 aliphatic rings. The first-order chi connectivity index (χ1) is 26.0. The SMILES string of the molecule is CC(C)O.CC(C)O.CC(C)O.CC(C)O.CC(C)O.CC(C)O.CC(C)O.CC(C)O.CC(C)O.CC(C)O.CC(C)O.CC(C)O.CC(O)O.CC(O)O.CC(O)O.O.O.[Al].[Al].[Al].[Al].[Al].[Pb].[Pb]. The van der Waals surface area contributed by atoms with E-state index in [1.54, 1.807) is 166 Å². The molecule has 0 unspecified atom stereocenters. The average molecular weight is 1490 g/mol. The summed E-state index contributed by atoms with van der Waals surface area (Å²) in [6, 6.07) is 0. The van der Waals surface area contributed by atoms with Crippen LogP contribution in [0.1, 0.15) is 187 Å². The van der Waals surface area contributed by atoms with Gasteiger partial charge in [-0.3, -0.25) is 0 Å². The second kappa shape index (κ2) is 151. The molecule has 0 aromatic heterocycles. The van der Waals surface area contributed by atoms with Gasteiger partial charge in [-0.15, -0.1) is 0 Å². The molecular formula is C42H118Al5O20Pb2. The van der Waals surface area contributed by atoms with Crippen LogP contribution < -0.4 is 0 Å². The monoisotopic (exact) mass is 1490 g/mol. The second-order valence-corrected chi connectivity index (χ2v) is 15.0. The van der Waals surface area contributed by atoms with Gasteiger partial charge in [0.15, 0.2) is 0 Å². The van der Waals surface area contributed by atoms with E-state index in [4.69, 9.17) is 91.9 Å². The van der Waals surface area contributed by atoms with E-state index in [0.29, 0.717) is 0 Å². The molecule has 23 radical (unpaired) electrons. The molecule has 0 rings (SSSR count). The van der Waals surface area contributed by atoms with Crippen LogP contribution in [-0.4, -0.2) is 336 Å². The molecule has 0 atom stereocenters. The van der Waals surface area contributed by atoms with Gasteiger partial charge < -0.3 is 103 Å². The van der Waals surface area contributed by atoms with E-state index in [9.17, 15) is 0 Å². The van der Waals surface area contributed by atoms with Gasteiger partial charge in [-0.05, 0) is 187 Å². The van der Waals surface area contributed by atoms with Crippen LogP contribution in [0.2, 0.25) is 0 Å². The van der Waals surface area contributed by atoms with Crippen molar-refractivity contribution < 1.29 is 103 Å². The molecule has 0 aromatic carbocycles. The van der Waals surface area contributed by atoms with Crippen molar-refractivity contribution in [1.29, 1.82) is 0 Å². The maximum atomic E-state index is 8.06. The van der Waals surface area contributed by atoms with Gasteiger partial charge in [0.05, 0.1) is 0 Å². The Morgan fingerprint density at radius 1 is 0.145 bits per heavy atom. The summed E-state index contributed by atoms with van der Waals surface area (Å²) in [5.41, 5.74) is 0. The minimum atomic E-state index is -1.17. The molecule has 22 N–H and O–H groups in total. The zero-order chi connectivity index (χ0) is 53.7. The van der Waals surface area contributed by atoms with Crippen LogP contribution in [0.3, 0.4) is 0 Å². The summed E-state index contributed by atoms with van der Waals surface area (Å²) in [6.45, 7) is 45.2. The first-order valence-electron chi connectivity index (χ1n) is 20.2. The Hall–Kier alpha value is 3.71. The van der Waals surface area contributed by atoms with Crippen molar-refractivity contribution >= 4 is 141 Å². The van der Waals surface area contributed by atoms with Crippen molar-refractivity contribution in [2.75, 3.05) is 0 Å². The maximum Gasteiger partial charge on any atom is 0.148 e. The van der Waals surface area contributed by atoms with Crippen LogP contribution in [-0.2, 0) is 0 Å². The fourth-order valence-electron chi connectivity index (χ4n) is 0. The van der Waals surface area contributed by atoms with Crippen molar-refractivity contribution in [2.45, 2.75) is 279 Å². The van der Waals surface area contributed by atoms with Gasteiger partial charge in [0.2, 0.25) is 0 Å². The molecule has 0 aliphatic heterocycles. The molecule has 0 fully saturated rings. The molecule has 0 aliphatic carbocycles. The zero-order valence-corrected chi connectivity index (χ0v) is 62.1. The summed E-state index contributed by atoms with van der Waals surface area (Å²) in [5.74, 6) is 0. The smallest absolute Gasteiger partial charge is 0.148 e. The van der Waals surface area contributed by atoms with Crippen LogP contribution in [0.15, 0.2) is 0 Å². The molecule has 69 heavy (non-hydrogen) atoms. The summed E-state index contributed by atoms with van der Waals surface area (Å²) in [4.78, 5) is 0. The molecule has 20 nitrogen and oxygen atoms in total. The Labute approximate surface area is 518 Å². The third kappa shape index (κ3) is 25400. The van der Waals surface area contributed by atoms with Crippen LogP contribution in [0.25, 0.3) is 0 Å². The molecular weight excluding hydrogens is 1370 g/mol. The van der Waals surface area contributed by atoms with E-state index in [1.165, 1.54) is 20.8 Å². The van der Waals surface area contributed by atoms with Crippen LogP contribution in [0.4, 0.5) is 0 Å². The second-order valence-electron chi connectivity index (χ2n) is 15.0. The van der Waals surface area contributed by atoms with Crippen LogP contribution >= 0.6 is 0 Å². The molecule has 0 saturated carbocycles. The van der Waals surface area contributed by atoms with Gasteiger partial charge >= 0.3 is 0 Å². The average Bonchev–Trinajstić information content (AvgIpc) is 2.78. The largest absolute Gasteiger partial charge is 0.412 e. The minimum Gasteiger partial charge on any atom is -0.412 e. The van der Waals surface area contributed by atoms with Crippen molar-refractivity contribution in [3.05, 3.63) is 0 Å². The van der Waals surface area contributed by atoms with E-state index in [-0.39, 0.29) is 226 Å². The molecule has 27 heteroatoms. The Bertz CT molecular complexity index is 342. The topological polar surface area (TPSA) is 427 Å². The fourth-order valence-corrected chi connectivity index (χ4v) is 0. The quantitative estimate of drug-likeness (QED) is 0.0948. The van der Waals surface area contributed by atoms with E-state index in [0.717, 1.165) is 0 Å². The number of hydrogen-bond acceptors (Lipinski definition) is 18. The predicted octanol–water partition coefficient (Wildman–Crippen LogP) is -1.72. The summed E-state index contributed by atoms with van der Waals surface area (Å²) in [5, 5.41) is 142. The first kappa shape index (κ1) is 158. The molecule has 0 heterocycles. The Balaban J connectivity index is -0.0000000142. The standard InChI is InChI=1S/12C3H8O.3C2H6O2.5Al.2H2O.2Pb/c12*1-3(2)4;3*1-2(3)4;;;;;;;;;/h12*3-4H,1-2H3;3*2-4H,1H3;;;;;;2*1H2;;. The summed E-state index contributed by atoms with van der Waals surface area (Å²) in [6.07, 6.45) is -5.50. The molecule has 0 bridgehead atoms. The zero-order valence-electron chi connectivity index (χ0n) is 48.6. The molecule has 429 valence electrons. The third-order valence-corrected chi connectivity index (χ3v) is 0. The van der Waals surface area contributed by atoms with Crippen molar-refractivity contribution in [2.24, 2.45) is 0 Å². The fraction of sp³-hybridized carbons (Fsp3) is 1.00. The van der Waals surface area contributed by atoms with E-state index in [2.05, 4.69) is 0 Å². The van der Waals surface area contributed by atoms with Crippen LogP contribution in [0.5, 0.6) is 0 Å². The van der Waals surface area contributed by atoms with Gasteiger partial charge in [0.1, 0.15) is 18.9 Å². The Morgan fingerprint density at radius 3 is 0.145 bits per heavy atom. The number of aliphatic hydroxyl groups is 18. The number of hydrogen-bond donors (Lipinski definition) is 18. The van der Waals surface area contributed by atoms with Gasteiger partial charge in [-0.1, -0.05) is 0 Å². The van der Waals surface area contributed by atoms with Gasteiger partial charge in [0.25, 0.3) is 0 Å². The summed E-state index contributed by atoms with van der Waals surface area (Å²) >= 11 is 0. The van der Waals surface area contributed by atoms with E-state index >= 15 is 0 Å². The molecule has 0 amide bonds. The Kier molecular flexibility index (Phi) is 345. The van der Waals surface area contributed by atoms with Gasteiger partial charge in [0, 0.05) is 215 Å². The summed E-state index contributed by atoms with van der Waals surface area (Å²) < 4.78 is 0. The minimum absolute atomic E-state index is 0. The molecule has 0 spiro atoms. The normalized spacial score (nSPS) is 7.83. The first-order valence-corrected chi connectivity index (χ1v) is 20.2. The van der Waals surface area contributed by atoms with Gasteiger partial charge in [-0.25, -0.2) is 0 Å². The van der Waals surface area contributed by atoms with Crippen molar-refractivity contribution in [3.63, 3.8) is 0 Å². The van der Waals surface area contributed by atoms with Crippen molar-refractivity contribution in [3.8, 4) is 0 Å². The molecule has 0 aromatic rings. The third-order valence-electron chi connectivity index (χ3n) is 0. The number of rotatable bonds is 0. The molecule has 0 saturated heterocycles. The van der Waals surface area contributed by atoms with Gasteiger partial charge in [-0.2, -0.15) is 0 Å². The van der Waals surface area contributed by atoms with E-state index < -0.39 is 18.9 Å².